The van der Waals surface area contributed by atoms with E-state index in [2.05, 4.69) is 26.1 Å². The smallest absolute Gasteiger partial charge is 0.328 e. The number of hydrogen-bond acceptors (Lipinski definition) is 2. The molecule has 0 bridgehead atoms. The Morgan fingerprint density at radius 3 is 2.37 bits per heavy atom. The Bertz CT molecular complexity index is 459. The summed E-state index contributed by atoms with van der Waals surface area (Å²) in [7, 11) is 0. The molecule has 0 spiro atoms. The number of amides is 3. The maximum atomic E-state index is 12.2. The summed E-state index contributed by atoms with van der Waals surface area (Å²) in [5, 5.41) is 2.92. The molecule has 1 aliphatic heterocycles. The summed E-state index contributed by atoms with van der Waals surface area (Å²) in [5.74, 6) is -0.135. The number of para-hydroxylation sites is 1. The summed E-state index contributed by atoms with van der Waals surface area (Å²) >= 11 is 0. The summed E-state index contributed by atoms with van der Waals surface area (Å²) in [4.78, 5) is 25.5. The second-order valence-electron chi connectivity index (χ2n) is 6.18. The normalized spacial score (nSPS) is 20.4. The van der Waals surface area contributed by atoms with Gasteiger partial charge in [-0.05, 0) is 24.0 Å². The SMILES string of the molecule is CC(C)(C)CC1CC(=O)N(c2ccccc2)C(=O)N1. The van der Waals surface area contributed by atoms with Gasteiger partial charge in [0.25, 0.3) is 0 Å². The average molecular weight is 260 g/mol. The Balaban J connectivity index is 2.12. The molecule has 19 heavy (non-hydrogen) atoms. The molecule has 1 aromatic carbocycles. The van der Waals surface area contributed by atoms with Gasteiger partial charge in [-0.25, -0.2) is 9.69 Å². The molecule has 4 nitrogen and oxygen atoms in total. The van der Waals surface area contributed by atoms with E-state index in [1.165, 1.54) is 4.90 Å². The zero-order chi connectivity index (χ0) is 14.0. The molecule has 1 fully saturated rings. The summed E-state index contributed by atoms with van der Waals surface area (Å²) in [6.07, 6.45) is 1.16. The number of hydrogen-bond donors (Lipinski definition) is 1. The predicted octanol–water partition coefficient (Wildman–Crippen LogP) is 2.94. The molecular formula is C15H20N2O2. The Kier molecular flexibility index (Phi) is 3.60. The third-order valence-corrected chi connectivity index (χ3v) is 3.07. The lowest BCUT2D eigenvalue weighted by Gasteiger charge is -2.34. The average Bonchev–Trinajstić information content (AvgIpc) is 2.27. The monoisotopic (exact) mass is 260 g/mol. The fourth-order valence-corrected chi connectivity index (χ4v) is 2.41. The zero-order valence-electron chi connectivity index (χ0n) is 11.6. The van der Waals surface area contributed by atoms with Gasteiger partial charge in [-0.1, -0.05) is 39.0 Å². The Labute approximate surface area is 113 Å². The highest BCUT2D eigenvalue weighted by atomic mass is 16.2. The van der Waals surface area contributed by atoms with Crippen LogP contribution in [-0.2, 0) is 4.79 Å². The van der Waals surface area contributed by atoms with Gasteiger partial charge >= 0.3 is 6.03 Å². The van der Waals surface area contributed by atoms with Gasteiger partial charge < -0.3 is 5.32 Å². The van der Waals surface area contributed by atoms with Crippen molar-refractivity contribution in [2.75, 3.05) is 4.90 Å². The second-order valence-corrected chi connectivity index (χ2v) is 6.18. The minimum Gasteiger partial charge on any atom is -0.334 e. The number of nitrogens with zero attached hydrogens (tertiary/aromatic N) is 1. The van der Waals surface area contributed by atoms with Crippen molar-refractivity contribution in [3.8, 4) is 0 Å². The van der Waals surface area contributed by atoms with Gasteiger partial charge in [0.05, 0.1) is 5.69 Å². The van der Waals surface area contributed by atoms with Crippen molar-refractivity contribution in [2.45, 2.75) is 39.7 Å². The first-order chi connectivity index (χ1) is 8.87. The van der Waals surface area contributed by atoms with Crippen LogP contribution in [-0.4, -0.2) is 18.0 Å². The molecule has 1 atom stereocenters. The molecule has 0 aromatic heterocycles. The van der Waals surface area contributed by atoms with Crippen molar-refractivity contribution < 1.29 is 9.59 Å². The van der Waals surface area contributed by atoms with Crippen molar-refractivity contribution in [1.82, 2.24) is 5.32 Å². The zero-order valence-corrected chi connectivity index (χ0v) is 11.6. The third-order valence-electron chi connectivity index (χ3n) is 3.07. The van der Waals surface area contributed by atoms with E-state index in [4.69, 9.17) is 0 Å². The topological polar surface area (TPSA) is 49.4 Å². The first kappa shape index (κ1) is 13.6. The minimum atomic E-state index is -0.322. The highest BCUT2D eigenvalue weighted by Gasteiger charge is 2.34. The van der Waals surface area contributed by atoms with E-state index in [-0.39, 0.29) is 23.4 Å². The van der Waals surface area contributed by atoms with Crippen molar-refractivity contribution >= 4 is 17.6 Å². The van der Waals surface area contributed by atoms with E-state index in [0.29, 0.717) is 12.1 Å². The molecule has 2 rings (SSSR count). The highest BCUT2D eigenvalue weighted by molar-refractivity contribution is 6.16. The number of rotatable bonds is 2. The molecule has 0 aliphatic carbocycles. The highest BCUT2D eigenvalue weighted by Crippen LogP contribution is 2.26. The van der Waals surface area contributed by atoms with Crippen LogP contribution < -0.4 is 10.2 Å². The molecule has 1 aliphatic rings. The summed E-state index contributed by atoms with van der Waals surface area (Å²) in [5.41, 5.74) is 0.715. The molecule has 1 unspecified atom stereocenters. The van der Waals surface area contributed by atoms with Crippen molar-refractivity contribution in [1.29, 1.82) is 0 Å². The molecule has 4 heteroatoms. The van der Waals surface area contributed by atoms with Crippen LogP contribution in [0, 0.1) is 5.41 Å². The third kappa shape index (κ3) is 3.34. The quantitative estimate of drug-likeness (QED) is 0.888. The van der Waals surface area contributed by atoms with E-state index < -0.39 is 0 Å². The first-order valence-corrected chi connectivity index (χ1v) is 6.55. The van der Waals surface area contributed by atoms with Crippen LogP contribution in [0.4, 0.5) is 10.5 Å². The largest absolute Gasteiger partial charge is 0.334 e. The maximum Gasteiger partial charge on any atom is 0.328 e. The predicted molar refractivity (Wildman–Crippen MR) is 74.9 cm³/mol. The van der Waals surface area contributed by atoms with E-state index in [0.717, 1.165) is 6.42 Å². The summed E-state index contributed by atoms with van der Waals surface area (Å²) in [6, 6.07) is 8.63. The lowest BCUT2D eigenvalue weighted by Crippen LogP contribution is -2.55. The molecule has 0 saturated carbocycles. The Morgan fingerprint density at radius 2 is 1.84 bits per heavy atom. The van der Waals surface area contributed by atoms with Crippen LogP contribution in [0.2, 0.25) is 0 Å². The van der Waals surface area contributed by atoms with Gasteiger partial charge in [-0.3, -0.25) is 4.79 Å². The van der Waals surface area contributed by atoms with Crippen molar-refractivity contribution in [3.05, 3.63) is 30.3 Å². The van der Waals surface area contributed by atoms with Crippen molar-refractivity contribution in [3.63, 3.8) is 0 Å². The fraction of sp³-hybridized carbons (Fsp3) is 0.467. The van der Waals surface area contributed by atoms with Crippen LogP contribution >= 0.6 is 0 Å². The molecule has 1 heterocycles. The molecule has 102 valence electrons. The lowest BCUT2D eigenvalue weighted by atomic mass is 9.86. The van der Waals surface area contributed by atoms with E-state index in [1.807, 2.05) is 18.2 Å². The summed E-state index contributed by atoms with van der Waals surface area (Å²) in [6.45, 7) is 6.31. The Hall–Kier alpha value is -1.84. The molecule has 1 aromatic rings. The number of imide groups is 1. The molecular weight excluding hydrogens is 240 g/mol. The number of urea groups is 1. The van der Waals surface area contributed by atoms with E-state index >= 15 is 0 Å². The minimum absolute atomic E-state index is 0.0695. The number of anilines is 1. The molecule has 1 saturated heterocycles. The van der Waals surface area contributed by atoms with Crippen LogP contribution in [0.3, 0.4) is 0 Å². The van der Waals surface area contributed by atoms with Crippen molar-refractivity contribution in [2.24, 2.45) is 5.41 Å². The van der Waals surface area contributed by atoms with E-state index in [9.17, 15) is 9.59 Å². The number of carbonyl (C=O) groups excluding carboxylic acids is 2. The van der Waals surface area contributed by atoms with Gasteiger partial charge in [0, 0.05) is 12.5 Å². The summed E-state index contributed by atoms with van der Waals surface area (Å²) < 4.78 is 0. The fourth-order valence-electron chi connectivity index (χ4n) is 2.41. The van der Waals surface area contributed by atoms with Crippen LogP contribution in [0.1, 0.15) is 33.6 Å². The first-order valence-electron chi connectivity index (χ1n) is 6.55. The molecule has 3 amide bonds. The number of benzene rings is 1. The number of carbonyl (C=O) groups is 2. The van der Waals surface area contributed by atoms with Gasteiger partial charge in [0.15, 0.2) is 0 Å². The lowest BCUT2D eigenvalue weighted by molar-refractivity contribution is -0.119. The van der Waals surface area contributed by atoms with Crippen LogP contribution in [0.25, 0.3) is 0 Å². The molecule has 0 radical (unpaired) electrons. The number of nitrogens with one attached hydrogen (secondary N) is 1. The Morgan fingerprint density at radius 1 is 1.21 bits per heavy atom. The second kappa shape index (κ2) is 5.03. The maximum absolute atomic E-state index is 12.2. The van der Waals surface area contributed by atoms with Gasteiger partial charge in [-0.2, -0.15) is 0 Å². The van der Waals surface area contributed by atoms with Gasteiger partial charge in [0.2, 0.25) is 5.91 Å². The van der Waals surface area contributed by atoms with E-state index in [1.54, 1.807) is 12.1 Å². The van der Waals surface area contributed by atoms with Crippen LogP contribution in [0.5, 0.6) is 0 Å². The van der Waals surface area contributed by atoms with Crippen LogP contribution in [0.15, 0.2) is 30.3 Å². The standard InChI is InChI=1S/C15H20N2O2/c1-15(2,3)10-11-9-13(18)17(14(19)16-11)12-7-5-4-6-8-12/h4-8,11H,9-10H2,1-3H3,(H,16,19). The van der Waals surface area contributed by atoms with Gasteiger partial charge in [0.1, 0.15) is 0 Å². The van der Waals surface area contributed by atoms with Gasteiger partial charge in [-0.15, -0.1) is 0 Å². The molecule has 1 N–H and O–H groups in total.